The first kappa shape index (κ1) is 13.6. The van der Waals surface area contributed by atoms with Gasteiger partial charge in [0.1, 0.15) is 13.2 Å². The van der Waals surface area contributed by atoms with Gasteiger partial charge < -0.3 is 14.4 Å². The quantitative estimate of drug-likeness (QED) is 0.787. The highest BCUT2D eigenvalue weighted by atomic mass is 35.5. The van der Waals surface area contributed by atoms with Crippen LogP contribution >= 0.6 is 11.6 Å². The number of benzene rings is 1. The maximum atomic E-state index is 12.6. The second-order valence-corrected chi connectivity index (χ2v) is 5.65. The molecule has 5 heteroatoms. The van der Waals surface area contributed by atoms with Crippen molar-refractivity contribution in [3.05, 3.63) is 23.8 Å². The van der Waals surface area contributed by atoms with E-state index in [1.165, 1.54) is 0 Å². The number of amides is 1. The molecule has 0 radical (unpaired) electrons. The van der Waals surface area contributed by atoms with Crippen molar-refractivity contribution in [3.63, 3.8) is 0 Å². The highest BCUT2D eigenvalue weighted by Gasteiger charge is 2.34. The molecule has 108 valence electrons. The molecular weight excluding hydrogens is 278 g/mol. The summed E-state index contributed by atoms with van der Waals surface area (Å²) in [4.78, 5) is 14.5. The molecule has 20 heavy (non-hydrogen) atoms. The van der Waals surface area contributed by atoms with Gasteiger partial charge in [0.2, 0.25) is 0 Å². The van der Waals surface area contributed by atoms with Gasteiger partial charge >= 0.3 is 0 Å². The van der Waals surface area contributed by atoms with Crippen molar-refractivity contribution >= 4 is 17.5 Å². The third kappa shape index (κ3) is 2.33. The predicted octanol–water partition coefficient (Wildman–Crippen LogP) is 2.55. The van der Waals surface area contributed by atoms with Crippen LogP contribution in [0.3, 0.4) is 0 Å². The minimum absolute atomic E-state index is 0.0250. The maximum Gasteiger partial charge on any atom is 0.254 e. The van der Waals surface area contributed by atoms with E-state index in [0.29, 0.717) is 42.1 Å². The van der Waals surface area contributed by atoms with Crippen LogP contribution < -0.4 is 9.47 Å². The third-order valence-corrected chi connectivity index (χ3v) is 4.41. The standard InChI is InChI=1S/C15H18ClNO3/c1-10-4-5-17(12(10)9-16)15(18)11-2-3-13-14(8-11)20-7-6-19-13/h2-3,8,10,12H,4-7,9H2,1H3. The van der Waals surface area contributed by atoms with Gasteiger partial charge in [-0.15, -0.1) is 11.6 Å². The van der Waals surface area contributed by atoms with Crippen LogP contribution in [-0.4, -0.2) is 42.5 Å². The number of rotatable bonds is 2. The summed E-state index contributed by atoms with van der Waals surface area (Å²) in [6.45, 7) is 3.99. The van der Waals surface area contributed by atoms with Crippen molar-refractivity contribution < 1.29 is 14.3 Å². The molecule has 0 aliphatic carbocycles. The van der Waals surface area contributed by atoms with Crippen LogP contribution in [0, 0.1) is 5.92 Å². The first-order chi connectivity index (χ1) is 9.70. The lowest BCUT2D eigenvalue weighted by Gasteiger charge is -2.26. The zero-order valence-corrected chi connectivity index (χ0v) is 12.2. The number of hydrogen-bond donors (Lipinski definition) is 0. The zero-order valence-electron chi connectivity index (χ0n) is 11.5. The van der Waals surface area contributed by atoms with E-state index in [1.807, 2.05) is 4.90 Å². The first-order valence-corrected chi connectivity index (χ1v) is 7.50. The third-order valence-electron chi connectivity index (χ3n) is 4.09. The number of alkyl halides is 1. The predicted molar refractivity (Wildman–Crippen MR) is 76.8 cm³/mol. The molecule has 0 bridgehead atoms. The van der Waals surface area contributed by atoms with Gasteiger partial charge in [-0.1, -0.05) is 6.92 Å². The number of fused-ring (bicyclic) bond motifs is 1. The molecule has 2 heterocycles. The smallest absolute Gasteiger partial charge is 0.254 e. The van der Waals surface area contributed by atoms with Crippen LogP contribution in [0.15, 0.2) is 18.2 Å². The van der Waals surface area contributed by atoms with E-state index in [2.05, 4.69) is 6.92 Å². The van der Waals surface area contributed by atoms with Crippen molar-refractivity contribution in [2.45, 2.75) is 19.4 Å². The van der Waals surface area contributed by atoms with Crippen LogP contribution in [0.2, 0.25) is 0 Å². The van der Waals surface area contributed by atoms with Crippen LogP contribution in [0.25, 0.3) is 0 Å². The van der Waals surface area contributed by atoms with Crippen LogP contribution in [0.4, 0.5) is 0 Å². The highest BCUT2D eigenvalue weighted by molar-refractivity contribution is 6.18. The lowest BCUT2D eigenvalue weighted by atomic mass is 10.0. The SMILES string of the molecule is CC1CCN(C(=O)c2ccc3c(c2)OCCO3)C1CCl. The van der Waals surface area contributed by atoms with Crippen LogP contribution in [-0.2, 0) is 0 Å². The Balaban J connectivity index is 1.83. The van der Waals surface area contributed by atoms with E-state index in [4.69, 9.17) is 21.1 Å². The maximum absolute atomic E-state index is 12.6. The van der Waals surface area contributed by atoms with Gasteiger partial charge in [-0.3, -0.25) is 4.79 Å². The number of ether oxygens (including phenoxy) is 2. The fourth-order valence-corrected chi connectivity index (χ4v) is 3.31. The van der Waals surface area contributed by atoms with E-state index in [0.717, 1.165) is 13.0 Å². The molecule has 2 atom stereocenters. The average molecular weight is 296 g/mol. The minimum Gasteiger partial charge on any atom is -0.486 e. The Morgan fingerprint density at radius 1 is 1.35 bits per heavy atom. The second-order valence-electron chi connectivity index (χ2n) is 5.34. The molecule has 0 spiro atoms. The highest BCUT2D eigenvalue weighted by Crippen LogP contribution is 2.32. The molecule has 0 saturated carbocycles. The summed E-state index contributed by atoms with van der Waals surface area (Å²) < 4.78 is 11.0. The van der Waals surface area contributed by atoms with E-state index in [9.17, 15) is 4.79 Å². The lowest BCUT2D eigenvalue weighted by molar-refractivity contribution is 0.0736. The molecule has 1 amide bonds. The summed E-state index contributed by atoms with van der Waals surface area (Å²) in [7, 11) is 0. The molecule has 3 rings (SSSR count). The van der Waals surface area contributed by atoms with Crippen molar-refractivity contribution in [2.24, 2.45) is 5.92 Å². The molecule has 1 fully saturated rings. The largest absolute Gasteiger partial charge is 0.486 e. The van der Waals surface area contributed by atoms with Crippen molar-refractivity contribution in [2.75, 3.05) is 25.6 Å². The van der Waals surface area contributed by atoms with Gasteiger partial charge in [-0.2, -0.15) is 0 Å². The Morgan fingerprint density at radius 2 is 2.10 bits per heavy atom. The van der Waals surface area contributed by atoms with Crippen molar-refractivity contribution in [1.29, 1.82) is 0 Å². The topological polar surface area (TPSA) is 38.8 Å². The number of halogens is 1. The Hall–Kier alpha value is -1.42. The molecule has 2 aliphatic heterocycles. The Bertz CT molecular complexity index is 520. The Morgan fingerprint density at radius 3 is 2.85 bits per heavy atom. The molecule has 4 nitrogen and oxygen atoms in total. The molecule has 1 aromatic rings. The average Bonchev–Trinajstić information content (AvgIpc) is 2.86. The second kappa shape index (κ2) is 5.52. The normalized spacial score (nSPS) is 24.8. The summed E-state index contributed by atoms with van der Waals surface area (Å²) in [5, 5.41) is 0. The van der Waals surface area contributed by atoms with Crippen LogP contribution in [0.5, 0.6) is 11.5 Å². The summed E-state index contributed by atoms with van der Waals surface area (Å²) in [6, 6.07) is 5.49. The fraction of sp³-hybridized carbons (Fsp3) is 0.533. The Kier molecular flexibility index (Phi) is 3.74. The first-order valence-electron chi connectivity index (χ1n) is 6.97. The van der Waals surface area contributed by atoms with Gasteiger partial charge in [0.15, 0.2) is 11.5 Å². The van der Waals surface area contributed by atoms with Gasteiger partial charge in [0.25, 0.3) is 5.91 Å². The van der Waals surface area contributed by atoms with E-state index in [1.54, 1.807) is 18.2 Å². The fourth-order valence-electron chi connectivity index (χ4n) is 2.84. The molecule has 0 N–H and O–H groups in total. The summed E-state index contributed by atoms with van der Waals surface area (Å²) in [6.07, 6.45) is 1.01. The van der Waals surface area contributed by atoms with Gasteiger partial charge in [-0.25, -0.2) is 0 Å². The molecule has 2 unspecified atom stereocenters. The summed E-state index contributed by atoms with van der Waals surface area (Å²) >= 11 is 6.01. The van der Waals surface area contributed by atoms with Gasteiger partial charge in [-0.05, 0) is 30.5 Å². The Labute approximate surface area is 123 Å². The molecular formula is C15H18ClNO3. The number of carbonyl (C=O) groups is 1. The molecule has 1 aromatic carbocycles. The minimum atomic E-state index is 0.0250. The number of hydrogen-bond acceptors (Lipinski definition) is 3. The van der Waals surface area contributed by atoms with E-state index < -0.39 is 0 Å². The van der Waals surface area contributed by atoms with E-state index in [-0.39, 0.29) is 11.9 Å². The number of likely N-dealkylation sites (tertiary alicyclic amines) is 1. The lowest BCUT2D eigenvalue weighted by Crippen LogP contribution is -2.38. The number of nitrogens with zero attached hydrogens (tertiary/aromatic N) is 1. The summed E-state index contributed by atoms with van der Waals surface area (Å²) in [5.41, 5.74) is 0.637. The monoisotopic (exact) mass is 295 g/mol. The number of carbonyl (C=O) groups excluding carboxylic acids is 1. The van der Waals surface area contributed by atoms with Gasteiger partial charge in [0, 0.05) is 24.0 Å². The summed E-state index contributed by atoms with van der Waals surface area (Å²) in [5.74, 6) is 2.32. The molecule has 1 saturated heterocycles. The van der Waals surface area contributed by atoms with Crippen molar-refractivity contribution in [1.82, 2.24) is 4.90 Å². The molecule has 2 aliphatic rings. The zero-order chi connectivity index (χ0) is 14.1. The van der Waals surface area contributed by atoms with Crippen molar-refractivity contribution in [3.8, 4) is 11.5 Å². The van der Waals surface area contributed by atoms with Gasteiger partial charge in [0.05, 0.1) is 0 Å². The van der Waals surface area contributed by atoms with E-state index >= 15 is 0 Å². The molecule has 0 aromatic heterocycles. The van der Waals surface area contributed by atoms with Crippen LogP contribution in [0.1, 0.15) is 23.7 Å².